The van der Waals surface area contributed by atoms with E-state index in [1.807, 2.05) is 6.92 Å². The maximum Gasteiger partial charge on any atom is 0.155 e. The third kappa shape index (κ3) is 1.56. The van der Waals surface area contributed by atoms with E-state index in [4.69, 9.17) is 9.47 Å². The third-order valence-electron chi connectivity index (χ3n) is 1.07. The summed E-state index contributed by atoms with van der Waals surface area (Å²) in [5, 5.41) is 0. The molecule has 0 saturated carbocycles. The quantitative estimate of drug-likeness (QED) is 0.495. The van der Waals surface area contributed by atoms with Crippen molar-refractivity contribution >= 4 is 22.6 Å². The highest BCUT2D eigenvalue weighted by Crippen LogP contribution is 2.11. The summed E-state index contributed by atoms with van der Waals surface area (Å²) in [5.41, 5.74) is 0. The predicted molar refractivity (Wildman–Crippen MR) is 39.2 cm³/mol. The Morgan fingerprint density at radius 1 is 1.75 bits per heavy atom. The highest BCUT2D eigenvalue weighted by Gasteiger charge is 2.20. The molecule has 1 aliphatic rings. The van der Waals surface area contributed by atoms with Crippen molar-refractivity contribution in [3.05, 3.63) is 0 Å². The van der Waals surface area contributed by atoms with Gasteiger partial charge in [0, 0.05) is 4.43 Å². The fraction of sp³-hybridized carbons (Fsp3) is 1.00. The van der Waals surface area contributed by atoms with Crippen LogP contribution in [-0.4, -0.2) is 23.4 Å². The van der Waals surface area contributed by atoms with Crippen molar-refractivity contribution in [1.29, 1.82) is 0 Å². The zero-order valence-electron chi connectivity index (χ0n) is 4.76. The van der Waals surface area contributed by atoms with Crippen molar-refractivity contribution in [2.24, 2.45) is 0 Å². The van der Waals surface area contributed by atoms with Gasteiger partial charge in [-0.2, -0.15) is 0 Å². The summed E-state index contributed by atoms with van der Waals surface area (Å²) in [6.45, 7) is 2.69. The second-order valence-electron chi connectivity index (χ2n) is 1.81. The Kier molecular flexibility index (Phi) is 2.52. The molecule has 1 aliphatic heterocycles. The summed E-state index contributed by atoms with van der Waals surface area (Å²) >= 11 is 2.29. The first-order chi connectivity index (χ1) is 3.83. The van der Waals surface area contributed by atoms with E-state index in [1.54, 1.807) is 0 Å². The lowest BCUT2D eigenvalue weighted by molar-refractivity contribution is -0.0378. The summed E-state index contributed by atoms with van der Waals surface area (Å²) < 4.78 is 11.4. The van der Waals surface area contributed by atoms with Crippen molar-refractivity contribution in [3.8, 4) is 0 Å². The molecule has 3 heteroatoms. The molecule has 48 valence electrons. The van der Waals surface area contributed by atoms with Gasteiger partial charge < -0.3 is 9.47 Å². The molecule has 0 aromatic rings. The summed E-state index contributed by atoms with van der Waals surface area (Å²) in [5.74, 6) is 0. The van der Waals surface area contributed by atoms with Crippen LogP contribution in [0.25, 0.3) is 0 Å². The maximum atomic E-state index is 5.28. The number of hydrogen-bond acceptors (Lipinski definition) is 2. The van der Waals surface area contributed by atoms with Gasteiger partial charge >= 0.3 is 0 Å². The van der Waals surface area contributed by atoms with Gasteiger partial charge in [-0.05, 0) is 6.92 Å². The zero-order chi connectivity index (χ0) is 5.98. The minimum atomic E-state index is 0.0229. The van der Waals surface area contributed by atoms with Crippen LogP contribution >= 0.6 is 22.6 Å². The summed E-state index contributed by atoms with van der Waals surface area (Å²) in [4.78, 5) is 0. The number of ether oxygens (including phenoxy) is 2. The van der Waals surface area contributed by atoms with Crippen molar-refractivity contribution < 1.29 is 9.47 Å². The molecule has 0 bridgehead atoms. The molecule has 0 aliphatic carbocycles. The zero-order valence-corrected chi connectivity index (χ0v) is 6.92. The summed E-state index contributed by atoms with van der Waals surface area (Å²) in [6.07, 6.45) is 0.361. The minimum Gasteiger partial charge on any atom is -0.350 e. The Labute approximate surface area is 62.7 Å². The molecule has 0 aromatic heterocycles. The van der Waals surface area contributed by atoms with Gasteiger partial charge in [0.05, 0.1) is 12.7 Å². The molecule has 1 heterocycles. The summed E-state index contributed by atoms with van der Waals surface area (Å²) in [7, 11) is 0. The molecule has 0 radical (unpaired) electrons. The first-order valence-corrected chi connectivity index (χ1v) is 4.18. The van der Waals surface area contributed by atoms with E-state index in [2.05, 4.69) is 22.6 Å². The molecule has 0 N–H and O–H groups in total. The van der Waals surface area contributed by atoms with Gasteiger partial charge in [-0.15, -0.1) is 0 Å². The molecule has 2 nitrogen and oxygen atoms in total. The van der Waals surface area contributed by atoms with Crippen molar-refractivity contribution in [1.82, 2.24) is 0 Å². The van der Waals surface area contributed by atoms with Gasteiger partial charge in [0.15, 0.2) is 6.29 Å². The van der Waals surface area contributed by atoms with E-state index in [0.717, 1.165) is 11.0 Å². The molecule has 2 atom stereocenters. The standard InChI is InChI=1S/C5H9IO2/c1-4-7-3-5(2-6)8-4/h4-5H,2-3H2,1H3/t4-,5-/m0/s1. The highest BCUT2D eigenvalue weighted by atomic mass is 127. The molecule has 0 spiro atoms. The average Bonchev–Trinajstić information content (AvgIpc) is 2.14. The predicted octanol–water partition coefficient (Wildman–Crippen LogP) is 1.18. The van der Waals surface area contributed by atoms with Crippen LogP contribution in [0.3, 0.4) is 0 Å². The number of rotatable bonds is 1. The molecule has 0 unspecified atom stereocenters. The van der Waals surface area contributed by atoms with Gasteiger partial charge in [-0.3, -0.25) is 0 Å². The number of hydrogen-bond donors (Lipinski definition) is 0. The van der Waals surface area contributed by atoms with E-state index in [9.17, 15) is 0 Å². The van der Waals surface area contributed by atoms with Crippen LogP contribution in [0.5, 0.6) is 0 Å². The Morgan fingerprint density at radius 3 is 2.75 bits per heavy atom. The van der Waals surface area contributed by atoms with E-state index in [-0.39, 0.29) is 6.29 Å². The van der Waals surface area contributed by atoms with E-state index in [0.29, 0.717) is 6.10 Å². The lowest BCUT2D eigenvalue weighted by Gasteiger charge is -2.01. The Balaban J connectivity index is 2.22. The largest absolute Gasteiger partial charge is 0.350 e. The SMILES string of the molecule is C[C@H]1OC[C@H](CI)O1. The van der Waals surface area contributed by atoms with Crippen LogP contribution in [-0.2, 0) is 9.47 Å². The van der Waals surface area contributed by atoms with Gasteiger partial charge in [-0.25, -0.2) is 0 Å². The molecule has 0 amide bonds. The van der Waals surface area contributed by atoms with E-state index in [1.165, 1.54) is 0 Å². The molecule has 1 rings (SSSR count). The molecular formula is C5H9IO2. The fourth-order valence-electron chi connectivity index (χ4n) is 0.673. The lowest BCUT2D eigenvalue weighted by atomic mass is 10.5. The van der Waals surface area contributed by atoms with Crippen LogP contribution in [0.15, 0.2) is 0 Å². The smallest absolute Gasteiger partial charge is 0.155 e. The average molecular weight is 228 g/mol. The lowest BCUT2D eigenvalue weighted by Crippen LogP contribution is -2.11. The highest BCUT2D eigenvalue weighted by molar-refractivity contribution is 14.1. The minimum absolute atomic E-state index is 0.0229. The Morgan fingerprint density at radius 2 is 2.50 bits per heavy atom. The first-order valence-electron chi connectivity index (χ1n) is 2.66. The van der Waals surface area contributed by atoms with Gasteiger partial charge in [0.25, 0.3) is 0 Å². The maximum absolute atomic E-state index is 5.28. The third-order valence-corrected chi connectivity index (χ3v) is 2.06. The van der Waals surface area contributed by atoms with Crippen LogP contribution in [0, 0.1) is 0 Å². The van der Waals surface area contributed by atoms with Crippen LogP contribution in [0.1, 0.15) is 6.92 Å². The molecular weight excluding hydrogens is 219 g/mol. The topological polar surface area (TPSA) is 18.5 Å². The second kappa shape index (κ2) is 2.98. The van der Waals surface area contributed by atoms with Crippen LogP contribution in [0.4, 0.5) is 0 Å². The van der Waals surface area contributed by atoms with Gasteiger partial charge in [-0.1, -0.05) is 22.6 Å². The second-order valence-corrected chi connectivity index (χ2v) is 2.69. The summed E-state index contributed by atoms with van der Waals surface area (Å²) in [6, 6.07) is 0. The van der Waals surface area contributed by atoms with Crippen molar-refractivity contribution in [3.63, 3.8) is 0 Å². The molecule has 1 saturated heterocycles. The number of halogens is 1. The van der Waals surface area contributed by atoms with Gasteiger partial charge in [0.2, 0.25) is 0 Å². The molecule has 0 aromatic carbocycles. The van der Waals surface area contributed by atoms with Crippen LogP contribution in [0.2, 0.25) is 0 Å². The van der Waals surface area contributed by atoms with Gasteiger partial charge in [0.1, 0.15) is 0 Å². The number of alkyl halides is 1. The molecule has 8 heavy (non-hydrogen) atoms. The first kappa shape index (κ1) is 6.77. The Hall–Kier alpha value is 0.650. The van der Waals surface area contributed by atoms with Crippen molar-refractivity contribution in [2.45, 2.75) is 19.3 Å². The van der Waals surface area contributed by atoms with Crippen LogP contribution < -0.4 is 0 Å². The van der Waals surface area contributed by atoms with E-state index < -0.39 is 0 Å². The Bertz CT molecular complexity index is 76.8. The fourth-order valence-corrected chi connectivity index (χ4v) is 1.14. The normalized spacial score (nSPS) is 38.2. The van der Waals surface area contributed by atoms with E-state index >= 15 is 0 Å². The van der Waals surface area contributed by atoms with Crippen molar-refractivity contribution in [2.75, 3.05) is 11.0 Å². The monoisotopic (exact) mass is 228 g/mol. The molecule has 1 fully saturated rings.